The first-order valence-corrected chi connectivity index (χ1v) is 17.6. The first-order valence-electron chi connectivity index (χ1n) is 16.8. The lowest BCUT2D eigenvalue weighted by Crippen LogP contribution is -2.46. The Kier molecular flexibility index (Phi) is 9.66. The first-order chi connectivity index (χ1) is 24.2. The minimum Gasteiger partial charge on any atom is -0.472 e. The standard InChI is InChI=1S/C38H36Cl2F2N6O2/c1-22(31-11-6-17-46(31)2)50-38-28-21-44-48(25-14-18-47(24(19-25)13-16-43)32(49)12-5-15-41)37(28)27-20-30(40)34(35(42)36(27)45-38)26-9-3-7-23-8-4-10-29(39)33(23)26/h3-5,7-10,12,20-22,24-25,31H,6,11,13-15,17-19H2,1-2H3/b12-5+/t22?,24-,25+,31+/m1/s1. The van der Waals surface area contributed by atoms with Crippen LogP contribution < -0.4 is 4.74 Å². The second-order valence-electron chi connectivity index (χ2n) is 13.2. The smallest absolute Gasteiger partial charge is 0.246 e. The number of nitrogens with zero attached hydrogens (tertiary/aromatic N) is 6. The zero-order valence-electron chi connectivity index (χ0n) is 27.8. The number of allylic oxidation sites excluding steroid dienone is 1. The number of aromatic nitrogens is 3. The fourth-order valence-electron chi connectivity index (χ4n) is 7.83. The molecule has 0 N–H and O–H groups in total. The molecule has 2 fully saturated rings. The monoisotopic (exact) mass is 716 g/mol. The highest BCUT2D eigenvalue weighted by Gasteiger charge is 2.35. The van der Waals surface area contributed by atoms with Gasteiger partial charge in [-0.1, -0.05) is 53.5 Å². The van der Waals surface area contributed by atoms with Gasteiger partial charge < -0.3 is 9.64 Å². The number of nitriles is 1. The summed E-state index contributed by atoms with van der Waals surface area (Å²) in [4.78, 5) is 21.6. The van der Waals surface area contributed by atoms with Crippen molar-refractivity contribution in [2.75, 3.05) is 26.8 Å². The van der Waals surface area contributed by atoms with Crippen LogP contribution in [-0.2, 0) is 4.79 Å². The number of carbonyl (C=O) groups excluding carboxylic acids is 1. The van der Waals surface area contributed by atoms with Crippen LogP contribution in [0.25, 0.3) is 43.7 Å². The van der Waals surface area contributed by atoms with Crippen LogP contribution in [0.5, 0.6) is 5.88 Å². The Hall–Kier alpha value is -4.30. The second kappa shape index (κ2) is 14.1. The third-order valence-corrected chi connectivity index (χ3v) is 10.8. The van der Waals surface area contributed by atoms with Crippen LogP contribution in [0, 0.1) is 17.1 Å². The zero-order valence-corrected chi connectivity index (χ0v) is 29.3. The predicted octanol–water partition coefficient (Wildman–Crippen LogP) is 8.68. The van der Waals surface area contributed by atoms with Gasteiger partial charge in [0.25, 0.3) is 0 Å². The van der Waals surface area contributed by atoms with Crippen molar-refractivity contribution in [3.8, 4) is 23.1 Å². The molecule has 3 aromatic carbocycles. The fraction of sp³-hybridized carbons (Fsp3) is 0.368. The van der Waals surface area contributed by atoms with Crippen molar-refractivity contribution in [1.29, 1.82) is 5.26 Å². The number of alkyl halides is 1. The van der Waals surface area contributed by atoms with Gasteiger partial charge in [-0.3, -0.25) is 14.4 Å². The second-order valence-corrected chi connectivity index (χ2v) is 14.0. The maximum Gasteiger partial charge on any atom is 0.246 e. The highest BCUT2D eigenvalue weighted by Crippen LogP contribution is 2.44. The molecule has 1 amide bonds. The average molecular weight is 718 g/mol. The minimum absolute atomic E-state index is 0.0854. The quantitative estimate of drug-likeness (QED) is 0.149. The SMILES string of the molecule is CC(Oc1nc2c(F)c(-c3cccc4cccc(Cl)c34)c(Cl)cc2c2c1cnn2[C@H]1CCN(C(=O)/C=C/CF)[C@H](CC#N)C1)[C@@H]1CCCN1C. The summed E-state index contributed by atoms with van der Waals surface area (Å²) in [5.74, 6) is -0.669. The van der Waals surface area contributed by atoms with Crippen LogP contribution in [0.15, 0.2) is 60.8 Å². The molecule has 0 radical (unpaired) electrons. The van der Waals surface area contributed by atoms with E-state index < -0.39 is 18.5 Å². The summed E-state index contributed by atoms with van der Waals surface area (Å²) in [6.07, 6.45) is 6.91. The lowest BCUT2D eigenvalue weighted by Gasteiger charge is -2.38. The largest absolute Gasteiger partial charge is 0.472 e. The van der Waals surface area contributed by atoms with Gasteiger partial charge in [-0.25, -0.2) is 13.8 Å². The van der Waals surface area contributed by atoms with E-state index in [0.29, 0.717) is 51.6 Å². The lowest BCUT2D eigenvalue weighted by atomic mass is 9.94. The van der Waals surface area contributed by atoms with E-state index in [2.05, 4.69) is 18.0 Å². The van der Waals surface area contributed by atoms with Gasteiger partial charge in [0, 0.05) is 46.1 Å². The highest BCUT2D eigenvalue weighted by atomic mass is 35.5. The van der Waals surface area contributed by atoms with Crippen molar-refractivity contribution in [2.45, 2.75) is 63.3 Å². The Bertz CT molecular complexity index is 2180. The number of pyridine rings is 1. The Morgan fingerprint density at radius 1 is 1.16 bits per heavy atom. The van der Waals surface area contributed by atoms with E-state index in [1.807, 2.05) is 35.9 Å². The zero-order chi connectivity index (χ0) is 35.1. The molecule has 2 aliphatic heterocycles. The number of piperidine rings is 1. The number of halogens is 4. The fourth-order valence-corrected chi connectivity index (χ4v) is 8.41. The molecular formula is C38H36Cl2F2N6O2. The summed E-state index contributed by atoms with van der Waals surface area (Å²) in [5, 5.41) is 17.7. The highest BCUT2D eigenvalue weighted by molar-refractivity contribution is 6.38. The molecule has 4 heterocycles. The van der Waals surface area contributed by atoms with Gasteiger partial charge in [-0.15, -0.1) is 0 Å². The number of ether oxygens (including phenoxy) is 1. The van der Waals surface area contributed by atoms with Crippen molar-refractivity contribution >= 4 is 61.7 Å². The number of hydrogen-bond acceptors (Lipinski definition) is 6. The molecule has 50 heavy (non-hydrogen) atoms. The first kappa shape index (κ1) is 34.2. The number of likely N-dealkylation sites (tertiary alicyclic amines) is 2. The topological polar surface area (TPSA) is 87.3 Å². The molecule has 0 aliphatic carbocycles. The van der Waals surface area contributed by atoms with Crippen LogP contribution >= 0.6 is 23.2 Å². The summed E-state index contributed by atoms with van der Waals surface area (Å²) in [7, 11) is 2.07. The van der Waals surface area contributed by atoms with Gasteiger partial charge in [0.1, 0.15) is 18.3 Å². The predicted molar refractivity (Wildman–Crippen MR) is 193 cm³/mol. The van der Waals surface area contributed by atoms with Crippen LogP contribution in [0.4, 0.5) is 8.78 Å². The van der Waals surface area contributed by atoms with E-state index in [4.69, 9.17) is 38.0 Å². The molecular weight excluding hydrogens is 681 g/mol. The van der Waals surface area contributed by atoms with E-state index in [9.17, 15) is 14.4 Å². The molecule has 5 aromatic rings. The van der Waals surface area contributed by atoms with E-state index >= 15 is 4.39 Å². The van der Waals surface area contributed by atoms with Crippen LogP contribution in [-0.4, -0.2) is 75.5 Å². The number of amides is 1. The van der Waals surface area contributed by atoms with Gasteiger partial charge in [0.2, 0.25) is 11.8 Å². The molecule has 12 heteroatoms. The Morgan fingerprint density at radius 2 is 1.96 bits per heavy atom. The summed E-state index contributed by atoms with van der Waals surface area (Å²) in [5.41, 5.74) is 1.43. The molecule has 7 rings (SSSR count). The normalized spacial score (nSPS) is 20.7. The van der Waals surface area contributed by atoms with E-state index in [-0.39, 0.29) is 52.5 Å². The van der Waals surface area contributed by atoms with Crippen molar-refractivity contribution in [3.05, 3.63) is 76.7 Å². The summed E-state index contributed by atoms with van der Waals surface area (Å²) in [6.45, 7) is 2.56. The number of likely N-dealkylation sites (N-methyl/N-ethyl adjacent to an activating group) is 1. The number of benzene rings is 3. The molecule has 2 aromatic heterocycles. The number of carbonyl (C=O) groups is 1. The van der Waals surface area contributed by atoms with E-state index in [0.717, 1.165) is 24.8 Å². The number of rotatable bonds is 8. The van der Waals surface area contributed by atoms with Gasteiger partial charge in [0.05, 0.1) is 40.7 Å². The molecule has 1 unspecified atom stereocenters. The minimum atomic E-state index is -0.750. The van der Waals surface area contributed by atoms with Gasteiger partial charge in [-0.05, 0) is 75.4 Å². The van der Waals surface area contributed by atoms with Crippen LogP contribution in [0.1, 0.15) is 45.1 Å². The van der Waals surface area contributed by atoms with Crippen molar-refractivity contribution in [2.24, 2.45) is 0 Å². The molecule has 0 bridgehead atoms. The molecule has 4 atom stereocenters. The Balaban J connectivity index is 1.40. The van der Waals surface area contributed by atoms with Crippen molar-refractivity contribution < 1.29 is 18.3 Å². The van der Waals surface area contributed by atoms with E-state index in [1.165, 1.54) is 12.2 Å². The molecule has 0 saturated carbocycles. The maximum absolute atomic E-state index is 17.2. The van der Waals surface area contributed by atoms with Gasteiger partial charge in [0.15, 0.2) is 5.82 Å². The molecule has 2 saturated heterocycles. The lowest BCUT2D eigenvalue weighted by molar-refractivity contribution is -0.130. The summed E-state index contributed by atoms with van der Waals surface area (Å²) in [6, 6.07) is 14.5. The summed E-state index contributed by atoms with van der Waals surface area (Å²) >= 11 is 13.7. The Morgan fingerprint density at radius 3 is 2.70 bits per heavy atom. The van der Waals surface area contributed by atoms with E-state index in [1.54, 1.807) is 29.3 Å². The van der Waals surface area contributed by atoms with Crippen LogP contribution in [0.3, 0.4) is 0 Å². The number of hydrogen-bond donors (Lipinski definition) is 0. The molecule has 2 aliphatic rings. The van der Waals surface area contributed by atoms with Gasteiger partial charge >= 0.3 is 0 Å². The molecule has 258 valence electrons. The third-order valence-electron chi connectivity index (χ3n) is 10.2. The number of fused-ring (bicyclic) bond motifs is 4. The van der Waals surface area contributed by atoms with Crippen LogP contribution in [0.2, 0.25) is 10.0 Å². The maximum atomic E-state index is 17.2. The van der Waals surface area contributed by atoms with Crippen molar-refractivity contribution in [3.63, 3.8) is 0 Å². The Labute approximate surface area is 298 Å². The molecule has 0 spiro atoms. The third kappa shape index (κ3) is 6.06. The summed E-state index contributed by atoms with van der Waals surface area (Å²) < 4.78 is 38.4. The molecule has 8 nitrogen and oxygen atoms in total. The van der Waals surface area contributed by atoms with Crippen molar-refractivity contribution in [1.82, 2.24) is 24.6 Å². The van der Waals surface area contributed by atoms with Gasteiger partial charge in [-0.2, -0.15) is 10.4 Å². The average Bonchev–Trinajstić information content (AvgIpc) is 3.75.